The van der Waals surface area contributed by atoms with Crippen molar-refractivity contribution in [3.8, 4) is 28.4 Å². The van der Waals surface area contributed by atoms with Gasteiger partial charge in [0.1, 0.15) is 17.3 Å². The summed E-state index contributed by atoms with van der Waals surface area (Å²) in [6, 6.07) is 15.8. The Morgan fingerprint density at radius 2 is 1.45 bits per heavy atom. The Morgan fingerprint density at radius 1 is 0.816 bits per heavy atom. The molecule has 0 N–H and O–H groups in total. The number of alkyl halides is 2. The lowest BCUT2D eigenvalue weighted by Gasteiger charge is -2.28. The molecule has 0 spiro atoms. The highest BCUT2D eigenvalue weighted by Gasteiger charge is 2.25. The van der Waals surface area contributed by atoms with Crippen LogP contribution in [0.15, 0.2) is 60.7 Å². The Kier molecular flexibility index (Phi) is 10.1. The molecule has 3 aromatic rings. The number of halogens is 4. The van der Waals surface area contributed by atoms with Gasteiger partial charge in [0.05, 0.1) is 0 Å². The molecular formula is C32H36F4O2. The van der Waals surface area contributed by atoms with E-state index in [4.69, 9.17) is 4.74 Å². The maximum Gasteiger partial charge on any atom is 0.387 e. The predicted octanol–water partition coefficient (Wildman–Crippen LogP) is 10.3. The fourth-order valence-electron chi connectivity index (χ4n) is 5.45. The minimum Gasteiger partial charge on any atom is -0.454 e. The van der Waals surface area contributed by atoms with Crippen molar-refractivity contribution >= 4 is 0 Å². The Bertz CT molecular complexity index is 1140. The molecule has 0 atom stereocenters. The summed E-state index contributed by atoms with van der Waals surface area (Å²) in [5, 5.41) is 0. The molecule has 0 radical (unpaired) electrons. The summed E-state index contributed by atoms with van der Waals surface area (Å²) in [7, 11) is 0. The first kappa shape index (κ1) is 28.0. The molecule has 0 aliphatic heterocycles. The quantitative estimate of drug-likeness (QED) is 0.172. The molecular weight excluding hydrogens is 492 g/mol. The molecule has 0 unspecified atom stereocenters. The van der Waals surface area contributed by atoms with E-state index in [1.165, 1.54) is 68.9 Å². The molecule has 0 bridgehead atoms. The van der Waals surface area contributed by atoms with E-state index in [2.05, 4.69) is 11.7 Å². The lowest BCUT2D eigenvalue weighted by Crippen LogP contribution is -2.15. The van der Waals surface area contributed by atoms with Crippen molar-refractivity contribution in [1.82, 2.24) is 0 Å². The van der Waals surface area contributed by atoms with E-state index in [0.29, 0.717) is 23.5 Å². The molecule has 0 heterocycles. The van der Waals surface area contributed by atoms with Crippen LogP contribution in [0.25, 0.3) is 11.1 Å². The largest absolute Gasteiger partial charge is 0.454 e. The minimum absolute atomic E-state index is 0.0300. The monoisotopic (exact) mass is 528 g/mol. The Balaban J connectivity index is 1.51. The van der Waals surface area contributed by atoms with Gasteiger partial charge in [-0.2, -0.15) is 8.78 Å². The van der Waals surface area contributed by atoms with Crippen molar-refractivity contribution < 1.29 is 27.0 Å². The zero-order chi connectivity index (χ0) is 26.9. The second-order valence-corrected chi connectivity index (χ2v) is 10.3. The number of rotatable bonds is 12. The lowest BCUT2D eigenvalue weighted by atomic mass is 9.77. The average Bonchev–Trinajstić information content (AvgIpc) is 2.92. The molecule has 3 aromatic carbocycles. The van der Waals surface area contributed by atoms with Gasteiger partial charge in [-0.3, -0.25) is 0 Å². The van der Waals surface area contributed by atoms with Gasteiger partial charge in [-0.15, -0.1) is 0 Å². The van der Waals surface area contributed by atoms with Crippen LogP contribution in [0.2, 0.25) is 0 Å². The van der Waals surface area contributed by atoms with Gasteiger partial charge in [-0.1, -0.05) is 88.6 Å². The molecule has 6 heteroatoms. The maximum atomic E-state index is 15.9. The molecule has 204 valence electrons. The van der Waals surface area contributed by atoms with Crippen LogP contribution in [0.1, 0.15) is 70.3 Å². The summed E-state index contributed by atoms with van der Waals surface area (Å²) in [6.45, 7) is -0.723. The molecule has 1 aliphatic carbocycles. The van der Waals surface area contributed by atoms with E-state index in [1.54, 1.807) is 24.3 Å². The second kappa shape index (κ2) is 13.7. The predicted molar refractivity (Wildman–Crippen MR) is 143 cm³/mol. The zero-order valence-corrected chi connectivity index (χ0v) is 21.9. The Labute approximate surface area is 223 Å². The minimum atomic E-state index is -2.94. The molecule has 1 aliphatic rings. The first-order valence-electron chi connectivity index (χ1n) is 13.7. The Hall–Kier alpha value is -3.02. The topological polar surface area (TPSA) is 18.5 Å². The van der Waals surface area contributed by atoms with Crippen molar-refractivity contribution in [3.63, 3.8) is 0 Å². The van der Waals surface area contributed by atoms with Crippen molar-refractivity contribution in [2.45, 2.75) is 77.7 Å². The van der Waals surface area contributed by atoms with Gasteiger partial charge in [0.15, 0.2) is 11.6 Å². The van der Waals surface area contributed by atoms with E-state index in [-0.39, 0.29) is 22.8 Å². The molecule has 2 nitrogen and oxygen atoms in total. The number of benzene rings is 3. The number of hydrogen-bond acceptors (Lipinski definition) is 2. The fourth-order valence-corrected chi connectivity index (χ4v) is 5.45. The van der Waals surface area contributed by atoms with Gasteiger partial charge in [0.2, 0.25) is 0 Å². The molecule has 0 amide bonds. The van der Waals surface area contributed by atoms with Crippen LogP contribution >= 0.6 is 0 Å². The summed E-state index contributed by atoms with van der Waals surface area (Å²) in [5.74, 6) is 0.0886. The van der Waals surface area contributed by atoms with Gasteiger partial charge in [0, 0.05) is 11.1 Å². The molecule has 0 aromatic heterocycles. The maximum absolute atomic E-state index is 15.9. The molecule has 0 saturated heterocycles. The zero-order valence-electron chi connectivity index (χ0n) is 21.9. The summed E-state index contributed by atoms with van der Waals surface area (Å²) >= 11 is 0. The van der Waals surface area contributed by atoms with Gasteiger partial charge < -0.3 is 9.47 Å². The Morgan fingerprint density at radius 3 is 2.08 bits per heavy atom. The normalized spacial score (nSPS) is 17.5. The van der Waals surface area contributed by atoms with Crippen molar-refractivity contribution in [3.05, 3.63) is 77.9 Å². The van der Waals surface area contributed by atoms with E-state index in [9.17, 15) is 8.78 Å². The number of ether oxygens (including phenoxy) is 2. The van der Waals surface area contributed by atoms with Gasteiger partial charge >= 0.3 is 6.61 Å². The fraction of sp³-hybridized carbons (Fsp3) is 0.438. The first-order chi connectivity index (χ1) is 18.4. The smallest absolute Gasteiger partial charge is 0.387 e. The summed E-state index contributed by atoms with van der Waals surface area (Å²) in [4.78, 5) is 0. The average molecular weight is 529 g/mol. The SMILES string of the molecule is CCCCCC1CCC(CCc2c(F)cc(-c3ccccc3)c(Oc3ccc(OC(F)F)cc3)c2F)CC1. The highest BCUT2D eigenvalue weighted by atomic mass is 19.3. The van der Waals surface area contributed by atoms with Gasteiger partial charge in [-0.25, -0.2) is 8.78 Å². The standard InChI is InChI=1S/C32H36F4O2/c1-2-3-5-8-22-11-13-23(14-12-22)15-20-27-29(33)21-28(24-9-6-4-7-10-24)31(30(27)34)37-25-16-18-26(19-17-25)38-32(35)36/h4,6-7,9-10,16-19,21-23,32H,2-3,5,8,11-15,20H2,1H3. The summed E-state index contributed by atoms with van der Waals surface area (Å²) < 4.78 is 66.5. The first-order valence-corrected chi connectivity index (χ1v) is 13.7. The van der Waals surface area contributed by atoms with E-state index >= 15 is 8.78 Å². The third-order valence-electron chi connectivity index (χ3n) is 7.61. The van der Waals surface area contributed by atoms with Crippen LogP contribution in [-0.2, 0) is 6.42 Å². The summed E-state index contributed by atoms with van der Waals surface area (Å²) in [6.07, 6.45) is 10.8. The van der Waals surface area contributed by atoms with E-state index in [0.717, 1.165) is 25.2 Å². The van der Waals surface area contributed by atoms with Gasteiger partial charge in [-0.05, 0) is 60.6 Å². The third kappa shape index (κ3) is 7.52. The highest BCUT2D eigenvalue weighted by molar-refractivity contribution is 5.72. The molecule has 1 fully saturated rings. The van der Waals surface area contributed by atoms with Crippen LogP contribution < -0.4 is 9.47 Å². The van der Waals surface area contributed by atoms with Crippen molar-refractivity contribution in [2.24, 2.45) is 11.8 Å². The van der Waals surface area contributed by atoms with E-state index < -0.39 is 18.2 Å². The van der Waals surface area contributed by atoms with Gasteiger partial charge in [0.25, 0.3) is 0 Å². The lowest BCUT2D eigenvalue weighted by molar-refractivity contribution is -0.0498. The van der Waals surface area contributed by atoms with E-state index in [1.807, 2.05) is 6.07 Å². The van der Waals surface area contributed by atoms with Crippen LogP contribution in [0, 0.1) is 23.5 Å². The number of hydrogen-bond donors (Lipinski definition) is 0. The van der Waals surface area contributed by atoms with Crippen molar-refractivity contribution in [1.29, 1.82) is 0 Å². The molecule has 1 saturated carbocycles. The van der Waals surface area contributed by atoms with Crippen LogP contribution in [-0.4, -0.2) is 6.61 Å². The molecule has 38 heavy (non-hydrogen) atoms. The van der Waals surface area contributed by atoms with Crippen LogP contribution in [0.4, 0.5) is 17.6 Å². The van der Waals surface area contributed by atoms with Crippen LogP contribution in [0.5, 0.6) is 17.2 Å². The highest BCUT2D eigenvalue weighted by Crippen LogP contribution is 2.40. The molecule has 4 rings (SSSR count). The third-order valence-corrected chi connectivity index (χ3v) is 7.61. The second-order valence-electron chi connectivity index (χ2n) is 10.3. The van der Waals surface area contributed by atoms with Crippen molar-refractivity contribution in [2.75, 3.05) is 0 Å². The number of unbranched alkanes of at least 4 members (excludes halogenated alkanes) is 2. The summed E-state index contributed by atoms with van der Waals surface area (Å²) in [5.41, 5.74) is 0.943. The van der Waals surface area contributed by atoms with Crippen LogP contribution in [0.3, 0.4) is 0 Å².